The first-order valence-electron chi connectivity index (χ1n) is 5.62. The number of benzene rings is 1. The van der Waals surface area contributed by atoms with Gasteiger partial charge in [0, 0.05) is 26.1 Å². The first-order chi connectivity index (χ1) is 9.83. The molecule has 0 aliphatic carbocycles. The quantitative estimate of drug-likeness (QED) is 0.618. The van der Waals surface area contributed by atoms with Crippen LogP contribution in [0.1, 0.15) is 5.89 Å². The molecule has 2 N–H and O–H groups in total. The van der Waals surface area contributed by atoms with E-state index in [1.165, 1.54) is 14.0 Å². The van der Waals surface area contributed by atoms with Crippen LogP contribution in [-0.4, -0.2) is 30.6 Å². The Morgan fingerprint density at radius 2 is 2.05 bits per heavy atom. The van der Waals surface area contributed by atoms with Gasteiger partial charge in [0.1, 0.15) is 4.90 Å². The fraction of sp³-hybridized carbons (Fsp3) is 0.200. The predicted molar refractivity (Wildman–Crippen MR) is 72.5 cm³/mol. The number of nitro benzene ring substituents is 1. The average molecular weight is 313 g/mol. The van der Waals surface area contributed by atoms with E-state index in [4.69, 9.17) is 4.42 Å². The number of hydrogen-bond donors (Lipinski definition) is 2. The van der Waals surface area contributed by atoms with Crippen LogP contribution in [0.25, 0.3) is 0 Å². The number of nitrogens with zero attached hydrogens (tertiary/aromatic N) is 3. The summed E-state index contributed by atoms with van der Waals surface area (Å²) in [5.74, 6) is 0.199. The molecule has 0 aliphatic heterocycles. The van der Waals surface area contributed by atoms with Crippen LogP contribution in [0.4, 0.5) is 17.4 Å². The Bertz CT molecular complexity index is 785. The van der Waals surface area contributed by atoms with E-state index in [0.29, 0.717) is 0 Å². The summed E-state index contributed by atoms with van der Waals surface area (Å²) in [5, 5.41) is 20.3. The molecule has 2 aromatic rings. The van der Waals surface area contributed by atoms with Crippen LogP contribution in [0.3, 0.4) is 0 Å². The second-order valence-electron chi connectivity index (χ2n) is 3.92. The van der Waals surface area contributed by atoms with Crippen molar-refractivity contribution in [3.05, 3.63) is 34.2 Å². The van der Waals surface area contributed by atoms with E-state index in [-0.39, 0.29) is 28.2 Å². The molecule has 0 spiro atoms. The van der Waals surface area contributed by atoms with Crippen molar-refractivity contribution >= 4 is 27.4 Å². The Kier molecular flexibility index (Phi) is 3.76. The molecule has 0 aliphatic rings. The van der Waals surface area contributed by atoms with Gasteiger partial charge in [0.05, 0.1) is 10.6 Å². The third-order valence-corrected chi connectivity index (χ3v) is 3.86. The van der Waals surface area contributed by atoms with E-state index in [9.17, 15) is 18.5 Å². The largest absolute Gasteiger partial charge is 0.408 e. The topological polar surface area (TPSA) is 140 Å². The highest BCUT2D eigenvalue weighted by Gasteiger charge is 2.23. The molecule has 112 valence electrons. The van der Waals surface area contributed by atoms with E-state index >= 15 is 0 Å². The monoisotopic (exact) mass is 313 g/mol. The van der Waals surface area contributed by atoms with Gasteiger partial charge in [0.2, 0.25) is 5.89 Å². The number of rotatable bonds is 5. The third kappa shape index (κ3) is 3.08. The lowest BCUT2D eigenvalue weighted by Gasteiger charge is -2.09. The van der Waals surface area contributed by atoms with E-state index in [1.54, 1.807) is 0 Å². The molecular formula is C10H11N5O5S. The zero-order valence-electron chi connectivity index (χ0n) is 11.0. The lowest BCUT2D eigenvalue weighted by atomic mass is 10.3. The minimum absolute atomic E-state index is 0.0768. The highest BCUT2D eigenvalue weighted by molar-refractivity contribution is 7.92. The van der Waals surface area contributed by atoms with Crippen LogP contribution in [0.2, 0.25) is 0 Å². The summed E-state index contributed by atoms with van der Waals surface area (Å²) < 4.78 is 31.5. The first-order valence-corrected chi connectivity index (χ1v) is 7.11. The van der Waals surface area contributed by atoms with Crippen molar-refractivity contribution in [3.8, 4) is 0 Å². The van der Waals surface area contributed by atoms with Crippen LogP contribution < -0.4 is 10.0 Å². The van der Waals surface area contributed by atoms with Crippen LogP contribution in [0, 0.1) is 17.0 Å². The fourth-order valence-corrected chi connectivity index (χ4v) is 2.69. The minimum Gasteiger partial charge on any atom is -0.408 e. The Morgan fingerprint density at radius 3 is 2.57 bits per heavy atom. The van der Waals surface area contributed by atoms with Gasteiger partial charge < -0.3 is 9.73 Å². The van der Waals surface area contributed by atoms with E-state index < -0.39 is 14.9 Å². The number of aromatic nitrogens is 2. The van der Waals surface area contributed by atoms with Crippen molar-refractivity contribution in [2.45, 2.75) is 11.8 Å². The summed E-state index contributed by atoms with van der Waals surface area (Å²) >= 11 is 0. The van der Waals surface area contributed by atoms with E-state index in [1.807, 2.05) is 0 Å². The van der Waals surface area contributed by atoms with Crippen molar-refractivity contribution in [2.24, 2.45) is 0 Å². The van der Waals surface area contributed by atoms with Gasteiger partial charge in [0.25, 0.3) is 15.7 Å². The lowest BCUT2D eigenvalue weighted by molar-refractivity contribution is -0.384. The number of nitrogens with one attached hydrogen (secondary N) is 2. The summed E-state index contributed by atoms with van der Waals surface area (Å²) in [6.07, 6.45) is 0. The van der Waals surface area contributed by atoms with Crippen molar-refractivity contribution in [1.29, 1.82) is 0 Å². The molecule has 0 bridgehead atoms. The number of aryl methyl sites for hydroxylation is 1. The molecule has 1 heterocycles. The number of nitro groups is 1. The van der Waals surface area contributed by atoms with Gasteiger partial charge in [-0.05, 0) is 6.07 Å². The maximum absolute atomic E-state index is 12.2. The Balaban J connectivity index is 2.42. The number of sulfonamides is 1. The average Bonchev–Trinajstić information content (AvgIpc) is 2.82. The Labute approximate surface area is 119 Å². The maximum atomic E-state index is 12.2. The highest BCUT2D eigenvalue weighted by atomic mass is 32.2. The summed E-state index contributed by atoms with van der Waals surface area (Å²) in [4.78, 5) is 9.91. The molecule has 1 aromatic heterocycles. The van der Waals surface area contributed by atoms with Gasteiger partial charge in [0.15, 0.2) is 0 Å². The van der Waals surface area contributed by atoms with Gasteiger partial charge in [-0.3, -0.25) is 10.1 Å². The first kappa shape index (κ1) is 14.7. The van der Waals surface area contributed by atoms with Crippen LogP contribution in [-0.2, 0) is 10.0 Å². The molecule has 0 unspecified atom stereocenters. The maximum Gasteiger partial charge on any atom is 0.329 e. The van der Waals surface area contributed by atoms with Crippen molar-refractivity contribution in [1.82, 2.24) is 10.2 Å². The predicted octanol–water partition coefficient (Wildman–Crippen LogP) is 1.13. The Morgan fingerprint density at radius 1 is 1.33 bits per heavy atom. The molecule has 0 radical (unpaired) electrons. The summed E-state index contributed by atoms with van der Waals surface area (Å²) in [5.41, 5.74) is -0.153. The minimum atomic E-state index is -4.02. The molecule has 0 fully saturated rings. The second-order valence-corrected chi connectivity index (χ2v) is 5.57. The highest BCUT2D eigenvalue weighted by Crippen LogP contribution is 2.27. The normalized spacial score (nSPS) is 11.1. The molecule has 2 rings (SSSR count). The van der Waals surface area contributed by atoms with E-state index in [2.05, 4.69) is 20.2 Å². The summed E-state index contributed by atoms with van der Waals surface area (Å²) in [7, 11) is -2.56. The van der Waals surface area contributed by atoms with Gasteiger partial charge in [-0.25, -0.2) is 13.1 Å². The standard InChI is InChI=1S/C10H11N5O5S/c1-6-12-13-10(20-6)14-21(18,19)9-4-3-7(15(16)17)5-8(9)11-2/h3-5,11H,1-2H3,(H,13,14). The molecular weight excluding hydrogens is 302 g/mol. The lowest BCUT2D eigenvalue weighted by Crippen LogP contribution is -2.15. The molecule has 0 saturated heterocycles. The summed E-state index contributed by atoms with van der Waals surface area (Å²) in [6, 6.07) is 3.05. The zero-order chi connectivity index (χ0) is 15.6. The van der Waals surface area contributed by atoms with Crippen molar-refractivity contribution < 1.29 is 17.8 Å². The second kappa shape index (κ2) is 5.36. The molecule has 0 amide bonds. The molecule has 21 heavy (non-hydrogen) atoms. The van der Waals surface area contributed by atoms with Gasteiger partial charge in [-0.1, -0.05) is 5.10 Å². The number of anilines is 2. The molecule has 11 heteroatoms. The van der Waals surface area contributed by atoms with Crippen molar-refractivity contribution in [3.63, 3.8) is 0 Å². The molecule has 10 nitrogen and oxygen atoms in total. The molecule has 0 atom stereocenters. The molecule has 0 saturated carbocycles. The van der Waals surface area contributed by atoms with Gasteiger partial charge in [-0.15, -0.1) is 5.10 Å². The zero-order valence-corrected chi connectivity index (χ0v) is 11.8. The third-order valence-electron chi connectivity index (χ3n) is 2.48. The van der Waals surface area contributed by atoms with Crippen LogP contribution in [0.5, 0.6) is 0 Å². The Hall–Kier alpha value is -2.69. The summed E-state index contributed by atoms with van der Waals surface area (Å²) in [6.45, 7) is 1.51. The van der Waals surface area contributed by atoms with Crippen molar-refractivity contribution in [2.75, 3.05) is 17.1 Å². The fourth-order valence-electron chi connectivity index (χ4n) is 1.57. The van der Waals surface area contributed by atoms with Crippen LogP contribution in [0.15, 0.2) is 27.5 Å². The number of hydrogen-bond acceptors (Lipinski definition) is 8. The SMILES string of the molecule is CNc1cc([N+](=O)[O-])ccc1S(=O)(=O)Nc1nnc(C)o1. The van der Waals surface area contributed by atoms with Gasteiger partial charge in [-0.2, -0.15) is 0 Å². The number of non-ortho nitro benzene ring substituents is 1. The van der Waals surface area contributed by atoms with Gasteiger partial charge >= 0.3 is 6.01 Å². The molecule has 1 aromatic carbocycles. The smallest absolute Gasteiger partial charge is 0.329 e. The van der Waals surface area contributed by atoms with E-state index in [0.717, 1.165) is 18.2 Å². The van der Waals surface area contributed by atoms with Crippen LogP contribution >= 0.6 is 0 Å².